The smallest absolute Gasteiger partial charge is 0.325 e. The Bertz CT molecular complexity index is 1170. The lowest BCUT2D eigenvalue weighted by Crippen LogP contribution is -2.27. The molecule has 3 aromatic rings. The Morgan fingerprint density at radius 2 is 1.38 bits per heavy atom. The standard InChI is InChI=1S/C26H33N7O6/c1-36-21-10-8-20(9-11-21)30-26-32-24(31-25(33-26)29-18-22(34)37-2)28-13-15-39-17-16-38-14-12-27-23(35)19-6-4-3-5-7-19/h3-11H,12-18H2,1-2H3,(H,27,35)(H3,28,29,30,31,32,33). The second-order valence-corrected chi connectivity index (χ2v) is 7.86. The fraction of sp³-hybridized carbons (Fsp3) is 0.346. The van der Waals surface area contributed by atoms with Gasteiger partial charge in [0.1, 0.15) is 12.3 Å². The van der Waals surface area contributed by atoms with E-state index in [1.54, 1.807) is 31.4 Å². The number of nitrogens with zero attached hydrogens (tertiary/aromatic N) is 3. The van der Waals surface area contributed by atoms with Crippen LogP contribution in [0.3, 0.4) is 0 Å². The summed E-state index contributed by atoms with van der Waals surface area (Å²) in [6.45, 7) is 2.29. The largest absolute Gasteiger partial charge is 0.497 e. The number of benzene rings is 2. The molecule has 0 atom stereocenters. The summed E-state index contributed by atoms with van der Waals surface area (Å²) >= 11 is 0. The summed E-state index contributed by atoms with van der Waals surface area (Å²) in [5.74, 6) is 0.900. The number of hydrogen-bond acceptors (Lipinski definition) is 12. The van der Waals surface area contributed by atoms with E-state index in [0.717, 1.165) is 11.4 Å². The molecule has 3 rings (SSSR count). The summed E-state index contributed by atoms with van der Waals surface area (Å²) in [6.07, 6.45) is 0. The van der Waals surface area contributed by atoms with E-state index < -0.39 is 5.97 Å². The topological polar surface area (TPSA) is 158 Å². The normalized spacial score (nSPS) is 10.4. The SMILES string of the molecule is COC(=O)CNc1nc(NCCOCCOCCNC(=O)c2ccccc2)nc(Nc2ccc(OC)cc2)n1. The van der Waals surface area contributed by atoms with Crippen molar-refractivity contribution in [2.75, 3.05) is 76.2 Å². The summed E-state index contributed by atoms with van der Waals surface area (Å²) < 4.78 is 20.9. The number of anilines is 4. The Balaban J connectivity index is 1.38. The van der Waals surface area contributed by atoms with Gasteiger partial charge in [0.15, 0.2) is 0 Å². The van der Waals surface area contributed by atoms with Crippen LogP contribution in [0.25, 0.3) is 0 Å². The van der Waals surface area contributed by atoms with Crippen molar-refractivity contribution in [2.45, 2.75) is 0 Å². The van der Waals surface area contributed by atoms with Crippen molar-refractivity contribution in [1.29, 1.82) is 0 Å². The number of rotatable bonds is 17. The zero-order valence-corrected chi connectivity index (χ0v) is 21.9. The molecule has 0 saturated carbocycles. The average molecular weight is 540 g/mol. The lowest BCUT2D eigenvalue weighted by Gasteiger charge is -2.12. The van der Waals surface area contributed by atoms with E-state index in [9.17, 15) is 9.59 Å². The zero-order chi connectivity index (χ0) is 27.7. The van der Waals surface area contributed by atoms with Gasteiger partial charge in [0.25, 0.3) is 5.91 Å². The van der Waals surface area contributed by atoms with Gasteiger partial charge in [0.05, 0.1) is 40.6 Å². The summed E-state index contributed by atoms with van der Waals surface area (Å²) in [4.78, 5) is 36.4. The first kappa shape index (κ1) is 29.1. The van der Waals surface area contributed by atoms with E-state index >= 15 is 0 Å². The fourth-order valence-corrected chi connectivity index (χ4v) is 3.10. The number of carbonyl (C=O) groups excluding carboxylic acids is 2. The van der Waals surface area contributed by atoms with Gasteiger partial charge in [-0.25, -0.2) is 0 Å². The van der Waals surface area contributed by atoms with Gasteiger partial charge < -0.3 is 40.2 Å². The summed E-state index contributed by atoms with van der Waals surface area (Å²) in [5.41, 5.74) is 1.36. The van der Waals surface area contributed by atoms with Crippen LogP contribution in [-0.2, 0) is 19.0 Å². The molecule has 4 N–H and O–H groups in total. The third-order valence-corrected chi connectivity index (χ3v) is 5.07. The molecule has 0 unspecified atom stereocenters. The van der Waals surface area contributed by atoms with Gasteiger partial charge in [-0.1, -0.05) is 18.2 Å². The summed E-state index contributed by atoms with van der Waals surface area (Å²) in [6, 6.07) is 16.3. The van der Waals surface area contributed by atoms with Crippen molar-refractivity contribution < 1.29 is 28.5 Å². The van der Waals surface area contributed by atoms with Gasteiger partial charge in [-0.3, -0.25) is 9.59 Å². The molecule has 0 aliphatic rings. The highest BCUT2D eigenvalue weighted by Crippen LogP contribution is 2.19. The van der Waals surface area contributed by atoms with Gasteiger partial charge in [0.2, 0.25) is 17.8 Å². The molecule has 13 nitrogen and oxygen atoms in total. The monoisotopic (exact) mass is 539 g/mol. The number of esters is 1. The fourth-order valence-electron chi connectivity index (χ4n) is 3.10. The first-order chi connectivity index (χ1) is 19.1. The van der Waals surface area contributed by atoms with Gasteiger partial charge in [-0.05, 0) is 36.4 Å². The third kappa shape index (κ3) is 10.8. The molecule has 0 radical (unpaired) electrons. The quantitative estimate of drug-likeness (QED) is 0.146. The molecular formula is C26H33N7O6. The van der Waals surface area contributed by atoms with Crippen LogP contribution in [-0.4, -0.2) is 87.1 Å². The Hall–Kier alpha value is -4.49. The lowest BCUT2D eigenvalue weighted by molar-refractivity contribution is -0.138. The van der Waals surface area contributed by atoms with Crippen molar-refractivity contribution >= 4 is 35.4 Å². The van der Waals surface area contributed by atoms with E-state index in [0.29, 0.717) is 51.0 Å². The minimum Gasteiger partial charge on any atom is -0.497 e. The highest BCUT2D eigenvalue weighted by molar-refractivity contribution is 5.94. The molecule has 0 saturated heterocycles. The molecule has 0 spiro atoms. The predicted octanol–water partition coefficient (Wildman–Crippen LogP) is 2.08. The molecule has 208 valence electrons. The molecule has 1 aromatic heterocycles. The second-order valence-electron chi connectivity index (χ2n) is 7.86. The van der Waals surface area contributed by atoms with Gasteiger partial charge in [-0.2, -0.15) is 15.0 Å². The van der Waals surface area contributed by atoms with Crippen LogP contribution in [0.4, 0.5) is 23.5 Å². The number of amides is 1. The van der Waals surface area contributed by atoms with Crippen LogP contribution in [0.15, 0.2) is 54.6 Å². The Kier molecular flexibility index (Phi) is 12.2. The van der Waals surface area contributed by atoms with E-state index in [2.05, 4.69) is 41.0 Å². The number of nitrogens with one attached hydrogen (secondary N) is 4. The van der Waals surface area contributed by atoms with Crippen LogP contribution in [0.2, 0.25) is 0 Å². The van der Waals surface area contributed by atoms with E-state index in [4.69, 9.17) is 14.2 Å². The van der Waals surface area contributed by atoms with Crippen molar-refractivity contribution in [3.8, 4) is 5.75 Å². The minimum atomic E-state index is -0.455. The summed E-state index contributed by atoms with van der Waals surface area (Å²) in [5, 5.41) is 11.8. The second kappa shape index (κ2) is 16.4. The average Bonchev–Trinajstić information content (AvgIpc) is 2.97. The number of carbonyl (C=O) groups is 2. The minimum absolute atomic E-state index is 0.0963. The van der Waals surface area contributed by atoms with E-state index in [-0.39, 0.29) is 24.3 Å². The molecular weight excluding hydrogens is 506 g/mol. The first-order valence-corrected chi connectivity index (χ1v) is 12.3. The molecule has 0 bridgehead atoms. The number of methoxy groups -OCH3 is 2. The number of aromatic nitrogens is 3. The predicted molar refractivity (Wildman–Crippen MR) is 146 cm³/mol. The highest BCUT2D eigenvalue weighted by atomic mass is 16.5. The Morgan fingerprint density at radius 1 is 0.744 bits per heavy atom. The van der Waals surface area contributed by atoms with Crippen LogP contribution < -0.4 is 26.0 Å². The van der Waals surface area contributed by atoms with Crippen LogP contribution in [0.1, 0.15) is 10.4 Å². The van der Waals surface area contributed by atoms with Crippen LogP contribution >= 0.6 is 0 Å². The van der Waals surface area contributed by atoms with Crippen LogP contribution in [0, 0.1) is 0 Å². The van der Waals surface area contributed by atoms with Crippen LogP contribution in [0.5, 0.6) is 5.75 Å². The molecule has 0 aliphatic carbocycles. The van der Waals surface area contributed by atoms with Crippen molar-refractivity contribution in [3.05, 3.63) is 60.2 Å². The molecule has 1 amide bonds. The van der Waals surface area contributed by atoms with Crippen molar-refractivity contribution in [3.63, 3.8) is 0 Å². The van der Waals surface area contributed by atoms with Crippen molar-refractivity contribution in [2.24, 2.45) is 0 Å². The number of ether oxygens (including phenoxy) is 4. The first-order valence-electron chi connectivity index (χ1n) is 12.3. The molecule has 1 heterocycles. The maximum Gasteiger partial charge on any atom is 0.325 e. The summed E-state index contributed by atoms with van der Waals surface area (Å²) in [7, 11) is 2.90. The maximum atomic E-state index is 12.0. The van der Waals surface area contributed by atoms with E-state index in [1.807, 2.05) is 30.3 Å². The third-order valence-electron chi connectivity index (χ3n) is 5.07. The molecule has 0 aliphatic heterocycles. The van der Waals surface area contributed by atoms with E-state index in [1.165, 1.54) is 7.11 Å². The Morgan fingerprint density at radius 3 is 2.05 bits per heavy atom. The van der Waals surface area contributed by atoms with Gasteiger partial charge in [0, 0.05) is 24.3 Å². The molecule has 2 aromatic carbocycles. The lowest BCUT2D eigenvalue weighted by atomic mass is 10.2. The Labute approximate surface area is 226 Å². The van der Waals surface area contributed by atoms with Gasteiger partial charge >= 0.3 is 5.97 Å². The van der Waals surface area contributed by atoms with Gasteiger partial charge in [-0.15, -0.1) is 0 Å². The molecule has 13 heteroatoms. The molecule has 0 fully saturated rings. The maximum absolute atomic E-state index is 12.0. The zero-order valence-electron chi connectivity index (χ0n) is 21.9. The molecule has 39 heavy (non-hydrogen) atoms. The number of hydrogen-bond donors (Lipinski definition) is 4. The highest BCUT2D eigenvalue weighted by Gasteiger charge is 2.09. The van der Waals surface area contributed by atoms with Crippen molar-refractivity contribution in [1.82, 2.24) is 20.3 Å².